The number of para-hydroxylation sites is 1. The molecule has 1 amide bonds. The molecule has 5 heteroatoms. The van der Waals surface area contributed by atoms with Crippen LogP contribution in [0.4, 0.5) is 5.69 Å². The van der Waals surface area contributed by atoms with Gasteiger partial charge in [-0.2, -0.15) is 0 Å². The topological polar surface area (TPSA) is 37.4 Å². The lowest BCUT2D eigenvalue weighted by Gasteiger charge is -2.19. The summed E-state index contributed by atoms with van der Waals surface area (Å²) in [7, 11) is 0. The zero-order valence-corrected chi connectivity index (χ0v) is 12.0. The Morgan fingerprint density at radius 1 is 1.39 bits per heavy atom. The Morgan fingerprint density at radius 2 is 2.11 bits per heavy atom. The minimum Gasteiger partial charge on any atom is -0.310 e. The number of hydrogen-bond donors (Lipinski definition) is 0. The van der Waals surface area contributed by atoms with Gasteiger partial charge in [0.25, 0.3) is 0 Å². The summed E-state index contributed by atoms with van der Waals surface area (Å²) in [4.78, 5) is 26.0. The van der Waals surface area contributed by atoms with E-state index in [1.807, 2.05) is 30.5 Å². The van der Waals surface area contributed by atoms with Gasteiger partial charge in [0.05, 0.1) is 5.69 Å². The molecule has 1 unspecified atom stereocenters. The number of hydrogen-bond acceptors (Lipinski definition) is 4. The van der Waals surface area contributed by atoms with E-state index in [4.69, 9.17) is 0 Å². The van der Waals surface area contributed by atoms with Gasteiger partial charge in [-0.25, -0.2) is 0 Å². The summed E-state index contributed by atoms with van der Waals surface area (Å²) in [5.74, 6) is 0.107. The number of anilines is 1. The highest BCUT2D eigenvalue weighted by atomic mass is 32.2. The van der Waals surface area contributed by atoms with Crippen LogP contribution in [0.2, 0.25) is 0 Å². The molecule has 0 aromatic heterocycles. The Labute approximate surface area is 115 Å². The van der Waals surface area contributed by atoms with Crippen molar-refractivity contribution in [1.29, 1.82) is 0 Å². The quantitative estimate of drug-likeness (QED) is 0.798. The van der Waals surface area contributed by atoms with Crippen molar-refractivity contribution in [2.75, 3.05) is 17.7 Å². The molecule has 0 radical (unpaired) electrons. The van der Waals surface area contributed by atoms with Crippen LogP contribution < -0.4 is 4.90 Å². The molecule has 0 N–H and O–H groups in total. The molecule has 1 fully saturated rings. The lowest BCUT2D eigenvalue weighted by Crippen LogP contribution is -2.25. The molecule has 0 bridgehead atoms. The van der Waals surface area contributed by atoms with E-state index in [2.05, 4.69) is 0 Å². The highest BCUT2D eigenvalue weighted by molar-refractivity contribution is 8.14. The van der Waals surface area contributed by atoms with E-state index in [1.54, 1.807) is 23.6 Å². The summed E-state index contributed by atoms with van der Waals surface area (Å²) in [6.45, 7) is 2.17. The van der Waals surface area contributed by atoms with Crippen molar-refractivity contribution in [2.45, 2.75) is 23.5 Å². The second kappa shape index (κ2) is 5.80. The number of thioether (sulfide) groups is 2. The van der Waals surface area contributed by atoms with Crippen LogP contribution in [0.25, 0.3) is 0 Å². The molecular formula is C13H15NO2S2. The Hall–Kier alpha value is -0.940. The van der Waals surface area contributed by atoms with E-state index < -0.39 is 0 Å². The summed E-state index contributed by atoms with van der Waals surface area (Å²) >= 11 is 2.90. The maximum Gasteiger partial charge on any atom is 0.228 e. The van der Waals surface area contributed by atoms with Gasteiger partial charge in [-0.05, 0) is 18.4 Å². The fourth-order valence-corrected chi connectivity index (χ4v) is 3.60. The lowest BCUT2D eigenvalue weighted by molar-refractivity contribution is -0.117. The number of benzene rings is 1. The van der Waals surface area contributed by atoms with Crippen LogP contribution in [0.15, 0.2) is 29.2 Å². The first-order chi connectivity index (χ1) is 8.61. The van der Waals surface area contributed by atoms with Crippen molar-refractivity contribution in [1.82, 2.24) is 0 Å². The van der Waals surface area contributed by atoms with E-state index >= 15 is 0 Å². The highest BCUT2D eigenvalue weighted by Crippen LogP contribution is 2.34. The minimum atomic E-state index is 0.0767. The number of rotatable bonds is 3. The summed E-state index contributed by atoms with van der Waals surface area (Å²) in [6.07, 6.45) is 2.45. The first-order valence-electron chi connectivity index (χ1n) is 5.72. The van der Waals surface area contributed by atoms with Crippen LogP contribution in [0.1, 0.15) is 13.3 Å². The number of nitrogens with zero attached hydrogens (tertiary/aromatic N) is 1. The molecule has 2 rings (SSSR count). The smallest absolute Gasteiger partial charge is 0.228 e. The van der Waals surface area contributed by atoms with Gasteiger partial charge in [0.2, 0.25) is 5.91 Å². The summed E-state index contributed by atoms with van der Waals surface area (Å²) in [6, 6.07) is 7.88. The van der Waals surface area contributed by atoms with Crippen LogP contribution in [0.3, 0.4) is 0 Å². The van der Waals surface area contributed by atoms with E-state index in [9.17, 15) is 9.59 Å². The largest absolute Gasteiger partial charge is 0.310 e. The van der Waals surface area contributed by atoms with Crippen LogP contribution in [0, 0.1) is 0 Å². The summed E-state index contributed by atoms with van der Waals surface area (Å²) < 4.78 is 0. The summed E-state index contributed by atoms with van der Waals surface area (Å²) in [5.41, 5.74) is 0.960. The van der Waals surface area contributed by atoms with Crippen molar-refractivity contribution in [3.05, 3.63) is 24.3 Å². The van der Waals surface area contributed by atoms with Gasteiger partial charge in [0, 0.05) is 30.0 Å². The minimum absolute atomic E-state index is 0.0767. The van der Waals surface area contributed by atoms with Gasteiger partial charge in [0.15, 0.2) is 5.12 Å². The van der Waals surface area contributed by atoms with E-state index in [1.165, 1.54) is 11.8 Å². The fourth-order valence-electron chi connectivity index (χ4n) is 2.07. The van der Waals surface area contributed by atoms with Crippen molar-refractivity contribution in [2.24, 2.45) is 0 Å². The molecular weight excluding hydrogens is 266 g/mol. The maximum absolute atomic E-state index is 12.0. The molecule has 1 atom stereocenters. The number of carbonyl (C=O) groups excluding carboxylic acids is 2. The molecule has 0 spiro atoms. The molecule has 0 aliphatic carbocycles. The van der Waals surface area contributed by atoms with Crippen molar-refractivity contribution >= 4 is 40.2 Å². The second-order valence-electron chi connectivity index (χ2n) is 4.11. The van der Waals surface area contributed by atoms with Gasteiger partial charge >= 0.3 is 0 Å². The third-order valence-corrected chi connectivity index (χ3v) is 4.56. The molecule has 3 nitrogen and oxygen atoms in total. The lowest BCUT2D eigenvalue weighted by atomic mass is 10.3. The van der Waals surface area contributed by atoms with Crippen LogP contribution in [-0.4, -0.2) is 29.1 Å². The number of carbonyl (C=O) groups is 2. The third kappa shape index (κ3) is 2.90. The van der Waals surface area contributed by atoms with Gasteiger partial charge in [-0.1, -0.05) is 23.9 Å². The van der Waals surface area contributed by atoms with E-state index in [0.29, 0.717) is 13.0 Å². The Morgan fingerprint density at radius 3 is 2.78 bits per heavy atom. The molecule has 1 aliphatic heterocycles. The van der Waals surface area contributed by atoms with Gasteiger partial charge < -0.3 is 4.90 Å². The molecule has 96 valence electrons. The Bertz CT molecular complexity index is 476. The predicted molar refractivity (Wildman–Crippen MR) is 77.3 cm³/mol. The number of amides is 1. The Kier molecular flexibility index (Phi) is 4.35. The van der Waals surface area contributed by atoms with Gasteiger partial charge in [-0.15, -0.1) is 11.8 Å². The van der Waals surface area contributed by atoms with Crippen LogP contribution >= 0.6 is 23.5 Å². The first-order valence-corrected chi connectivity index (χ1v) is 7.83. The van der Waals surface area contributed by atoms with Crippen LogP contribution in [0.5, 0.6) is 0 Å². The maximum atomic E-state index is 12.0. The zero-order chi connectivity index (χ0) is 13.1. The third-order valence-electron chi connectivity index (χ3n) is 2.80. The first kappa shape index (κ1) is 13.5. The summed E-state index contributed by atoms with van der Waals surface area (Å²) in [5, 5.41) is 0.165. The molecule has 1 aliphatic rings. The van der Waals surface area contributed by atoms with Gasteiger partial charge in [-0.3, -0.25) is 9.59 Å². The normalized spacial score (nSPS) is 19.3. The zero-order valence-electron chi connectivity index (χ0n) is 10.4. The fraction of sp³-hybridized carbons (Fsp3) is 0.385. The molecule has 18 heavy (non-hydrogen) atoms. The SMILES string of the molecule is CSc1ccccc1N1CC(SC(C)=O)CC1=O. The molecule has 1 heterocycles. The average Bonchev–Trinajstić information content (AvgIpc) is 2.69. The van der Waals surface area contributed by atoms with E-state index in [0.717, 1.165) is 10.6 Å². The van der Waals surface area contributed by atoms with Gasteiger partial charge in [0.1, 0.15) is 0 Å². The molecule has 1 aromatic rings. The predicted octanol–water partition coefficient (Wildman–Crippen LogP) is 2.79. The van der Waals surface area contributed by atoms with E-state index in [-0.39, 0.29) is 16.3 Å². The van der Waals surface area contributed by atoms with Crippen LogP contribution in [-0.2, 0) is 9.59 Å². The average molecular weight is 281 g/mol. The molecule has 1 aromatic carbocycles. The molecule has 1 saturated heterocycles. The monoisotopic (exact) mass is 281 g/mol. The van der Waals surface area contributed by atoms with Crippen molar-refractivity contribution < 1.29 is 9.59 Å². The second-order valence-corrected chi connectivity index (χ2v) is 6.44. The van der Waals surface area contributed by atoms with Crippen molar-refractivity contribution in [3.63, 3.8) is 0 Å². The standard InChI is InChI=1S/C13H15NO2S2/c1-9(15)18-10-7-13(16)14(8-10)11-5-3-4-6-12(11)17-2/h3-6,10H,7-8H2,1-2H3. The van der Waals surface area contributed by atoms with Crippen molar-refractivity contribution in [3.8, 4) is 0 Å². The Balaban J connectivity index is 2.19. The molecule has 0 saturated carbocycles. The highest BCUT2D eigenvalue weighted by Gasteiger charge is 2.32.